The largest absolute Gasteiger partial charge is 0.496 e. The van der Waals surface area contributed by atoms with Gasteiger partial charge in [-0.25, -0.2) is 0 Å². The second-order valence-corrected chi connectivity index (χ2v) is 5.58. The van der Waals surface area contributed by atoms with E-state index in [9.17, 15) is 4.79 Å². The molecule has 2 rings (SSSR count). The van der Waals surface area contributed by atoms with Crippen molar-refractivity contribution in [3.63, 3.8) is 0 Å². The number of esters is 1. The third-order valence-electron chi connectivity index (χ3n) is 4.08. The molecule has 1 heterocycles. The van der Waals surface area contributed by atoms with Crippen molar-refractivity contribution in [2.24, 2.45) is 11.3 Å². The van der Waals surface area contributed by atoms with Gasteiger partial charge in [-0.3, -0.25) is 4.79 Å². The number of carbonyl (C=O) groups is 1. The zero-order valence-electron chi connectivity index (χ0n) is 12.4. The van der Waals surface area contributed by atoms with Crippen LogP contribution in [0.4, 0.5) is 0 Å². The predicted octanol–water partition coefficient (Wildman–Crippen LogP) is 2.03. The van der Waals surface area contributed by atoms with Gasteiger partial charge < -0.3 is 14.8 Å². The molecule has 2 atom stereocenters. The summed E-state index contributed by atoms with van der Waals surface area (Å²) in [7, 11) is 1.68. The van der Waals surface area contributed by atoms with E-state index in [0.29, 0.717) is 13.2 Å². The third-order valence-corrected chi connectivity index (χ3v) is 4.08. The van der Waals surface area contributed by atoms with Crippen LogP contribution in [0.25, 0.3) is 0 Å². The van der Waals surface area contributed by atoms with Crippen LogP contribution in [-0.4, -0.2) is 32.8 Å². The molecule has 0 bridgehead atoms. The second-order valence-electron chi connectivity index (χ2n) is 5.58. The Kier molecular flexibility index (Phi) is 4.65. The van der Waals surface area contributed by atoms with E-state index in [1.165, 1.54) is 0 Å². The second kappa shape index (κ2) is 6.27. The van der Waals surface area contributed by atoms with Gasteiger partial charge in [0.2, 0.25) is 0 Å². The van der Waals surface area contributed by atoms with Gasteiger partial charge in [-0.05, 0) is 30.4 Å². The Morgan fingerprint density at radius 2 is 2.20 bits per heavy atom. The van der Waals surface area contributed by atoms with Gasteiger partial charge >= 0.3 is 5.97 Å². The van der Waals surface area contributed by atoms with Crippen LogP contribution in [0.1, 0.15) is 19.4 Å². The van der Waals surface area contributed by atoms with Crippen molar-refractivity contribution >= 4 is 5.97 Å². The Balaban J connectivity index is 2.19. The Hall–Kier alpha value is -1.55. The fourth-order valence-electron chi connectivity index (χ4n) is 2.95. The zero-order valence-corrected chi connectivity index (χ0v) is 12.4. The molecule has 110 valence electrons. The summed E-state index contributed by atoms with van der Waals surface area (Å²) in [5.41, 5.74) is 0.997. The first-order valence-corrected chi connectivity index (χ1v) is 7.10. The summed E-state index contributed by atoms with van der Waals surface area (Å²) < 4.78 is 10.6. The normalized spacial score (nSPS) is 25.4. The summed E-state index contributed by atoms with van der Waals surface area (Å²) >= 11 is 0. The van der Waals surface area contributed by atoms with Gasteiger partial charge in [-0.2, -0.15) is 0 Å². The van der Waals surface area contributed by atoms with E-state index in [-0.39, 0.29) is 17.3 Å². The van der Waals surface area contributed by atoms with Gasteiger partial charge in [-0.15, -0.1) is 0 Å². The van der Waals surface area contributed by atoms with E-state index in [2.05, 4.69) is 18.3 Å². The molecule has 0 saturated carbocycles. The molecule has 2 unspecified atom stereocenters. The van der Waals surface area contributed by atoms with Crippen LogP contribution in [0.5, 0.6) is 5.75 Å². The maximum Gasteiger partial charge on any atom is 0.310 e. The lowest BCUT2D eigenvalue weighted by Gasteiger charge is -2.29. The Morgan fingerprint density at radius 1 is 1.45 bits per heavy atom. The molecule has 4 nitrogen and oxygen atoms in total. The summed E-state index contributed by atoms with van der Waals surface area (Å²) in [5, 5.41) is 3.32. The van der Waals surface area contributed by atoms with Crippen molar-refractivity contribution in [1.29, 1.82) is 0 Å². The quantitative estimate of drug-likeness (QED) is 0.837. The highest BCUT2D eigenvalue weighted by atomic mass is 16.5. The van der Waals surface area contributed by atoms with Gasteiger partial charge in [0, 0.05) is 13.1 Å². The van der Waals surface area contributed by atoms with Crippen LogP contribution in [0.3, 0.4) is 0 Å². The monoisotopic (exact) mass is 277 g/mol. The molecule has 1 aromatic rings. The number of hydrogen-bond acceptors (Lipinski definition) is 4. The number of para-hydroxylation sites is 1. The van der Waals surface area contributed by atoms with Crippen LogP contribution >= 0.6 is 0 Å². The molecule has 1 fully saturated rings. The highest BCUT2D eigenvalue weighted by Crippen LogP contribution is 2.37. The van der Waals surface area contributed by atoms with E-state index in [0.717, 1.165) is 24.3 Å². The van der Waals surface area contributed by atoms with Gasteiger partial charge in [0.05, 0.1) is 19.6 Å². The van der Waals surface area contributed by atoms with Crippen molar-refractivity contribution in [1.82, 2.24) is 5.32 Å². The van der Waals surface area contributed by atoms with Gasteiger partial charge in [0.15, 0.2) is 0 Å². The molecule has 1 N–H and O–H groups in total. The van der Waals surface area contributed by atoms with Crippen LogP contribution < -0.4 is 10.1 Å². The average molecular weight is 277 g/mol. The summed E-state index contributed by atoms with van der Waals surface area (Å²) in [6.07, 6.45) is 0.799. The summed E-state index contributed by atoms with van der Waals surface area (Å²) in [5.74, 6) is 0.672. The molecule has 0 spiro atoms. The van der Waals surface area contributed by atoms with Gasteiger partial charge in [0.25, 0.3) is 0 Å². The zero-order chi connectivity index (χ0) is 14.6. The van der Waals surface area contributed by atoms with Gasteiger partial charge in [-0.1, -0.05) is 25.1 Å². The van der Waals surface area contributed by atoms with E-state index >= 15 is 0 Å². The SMILES string of the molecule is CCOC(=O)C1CNCC1(C)Cc1ccccc1OC. The number of methoxy groups -OCH3 is 1. The lowest BCUT2D eigenvalue weighted by Crippen LogP contribution is -2.35. The van der Waals surface area contributed by atoms with E-state index in [1.807, 2.05) is 25.1 Å². The molecule has 20 heavy (non-hydrogen) atoms. The minimum atomic E-state index is -0.138. The molecule has 0 aromatic heterocycles. The third kappa shape index (κ3) is 2.96. The Labute approximate surface area is 120 Å². The molecular formula is C16H23NO3. The summed E-state index contributed by atoms with van der Waals surface area (Å²) in [4.78, 5) is 12.1. The minimum Gasteiger partial charge on any atom is -0.496 e. The standard InChI is InChI=1S/C16H23NO3/c1-4-20-15(18)13-10-17-11-16(13,2)9-12-7-5-6-8-14(12)19-3/h5-8,13,17H,4,9-11H2,1-3H3. The van der Waals surface area contributed by atoms with Crippen molar-refractivity contribution < 1.29 is 14.3 Å². The molecule has 0 aliphatic carbocycles. The fourth-order valence-corrected chi connectivity index (χ4v) is 2.95. The first-order valence-electron chi connectivity index (χ1n) is 7.10. The lowest BCUT2D eigenvalue weighted by atomic mass is 9.75. The highest BCUT2D eigenvalue weighted by molar-refractivity contribution is 5.74. The molecule has 1 aromatic carbocycles. The lowest BCUT2D eigenvalue weighted by molar-refractivity contribution is -0.150. The van der Waals surface area contributed by atoms with Crippen LogP contribution in [0, 0.1) is 11.3 Å². The topological polar surface area (TPSA) is 47.6 Å². The van der Waals surface area contributed by atoms with Crippen LogP contribution in [0.2, 0.25) is 0 Å². The number of hydrogen-bond donors (Lipinski definition) is 1. The predicted molar refractivity (Wildman–Crippen MR) is 77.8 cm³/mol. The van der Waals surface area contributed by atoms with Crippen molar-refractivity contribution in [3.05, 3.63) is 29.8 Å². The molecule has 4 heteroatoms. The van der Waals surface area contributed by atoms with Gasteiger partial charge in [0.1, 0.15) is 5.75 Å². The maximum absolute atomic E-state index is 12.1. The van der Waals surface area contributed by atoms with Crippen LogP contribution in [-0.2, 0) is 16.0 Å². The number of nitrogens with one attached hydrogen (secondary N) is 1. The molecule has 1 aliphatic rings. The van der Waals surface area contributed by atoms with Crippen molar-refractivity contribution in [2.75, 3.05) is 26.8 Å². The first kappa shape index (κ1) is 14.9. The fraction of sp³-hybridized carbons (Fsp3) is 0.562. The number of ether oxygens (including phenoxy) is 2. The first-order chi connectivity index (χ1) is 9.60. The van der Waals surface area contributed by atoms with E-state index < -0.39 is 0 Å². The number of carbonyl (C=O) groups excluding carboxylic acids is 1. The van der Waals surface area contributed by atoms with E-state index in [4.69, 9.17) is 9.47 Å². The molecular weight excluding hydrogens is 254 g/mol. The van der Waals surface area contributed by atoms with Crippen molar-refractivity contribution in [3.8, 4) is 5.75 Å². The maximum atomic E-state index is 12.1. The summed E-state index contributed by atoms with van der Waals surface area (Å²) in [6, 6.07) is 7.98. The summed E-state index contributed by atoms with van der Waals surface area (Å²) in [6.45, 7) is 5.91. The average Bonchev–Trinajstić information content (AvgIpc) is 2.81. The minimum absolute atomic E-state index is 0.102. The Morgan fingerprint density at radius 3 is 2.90 bits per heavy atom. The smallest absolute Gasteiger partial charge is 0.310 e. The number of benzene rings is 1. The van der Waals surface area contributed by atoms with Crippen molar-refractivity contribution in [2.45, 2.75) is 20.3 Å². The molecule has 0 amide bonds. The molecule has 1 aliphatic heterocycles. The van der Waals surface area contributed by atoms with Crippen LogP contribution in [0.15, 0.2) is 24.3 Å². The Bertz CT molecular complexity index is 475. The highest BCUT2D eigenvalue weighted by Gasteiger charge is 2.44. The molecule has 0 radical (unpaired) electrons. The number of rotatable bonds is 5. The molecule has 1 saturated heterocycles. The van der Waals surface area contributed by atoms with E-state index in [1.54, 1.807) is 7.11 Å².